The predicted molar refractivity (Wildman–Crippen MR) is 75.7 cm³/mol. The minimum absolute atomic E-state index is 0.382. The summed E-state index contributed by atoms with van der Waals surface area (Å²) in [6.45, 7) is 4.73. The molecule has 0 bridgehead atoms. The quantitative estimate of drug-likeness (QED) is 0.669. The second-order valence-corrected chi connectivity index (χ2v) is 6.12. The molecule has 0 aromatic carbocycles. The standard InChI is InChI=1S/C16H29NO/c1-2-3-4-7-12-17-13-8-10-15(17)14-9-5-6-11-16(14)18/h14-15H,2-13H2,1H3. The van der Waals surface area contributed by atoms with Gasteiger partial charge in [0.25, 0.3) is 0 Å². The van der Waals surface area contributed by atoms with E-state index in [-0.39, 0.29) is 0 Å². The molecule has 2 heteroatoms. The van der Waals surface area contributed by atoms with Gasteiger partial charge in [0, 0.05) is 18.4 Å². The molecule has 0 N–H and O–H groups in total. The fourth-order valence-corrected chi connectivity index (χ4v) is 3.74. The van der Waals surface area contributed by atoms with Gasteiger partial charge in [-0.05, 0) is 45.2 Å². The van der Waals surface area contributed by atoms with E-state index in [4.69, 9.17) is 0 Å². The minimum atomic E-state index is 0.382. The van der Waals surface area contributed by atoms with E-state index < -0.39 is 0 Å². The van der Waals surface area contributed by atoms with Crippen molar-refractivity contribution in [2.75, 3.05) is 13.1 Å². The molecule has 2 rings (SSSR count). The van der Waals surface area contributed by atoms with Crippen LogP contribution >= 0.6 is 0 Å². The molecule has 1 aliphatic heterocycles. The Balaban J connectivity index is 1.80. The third-order valence-corrected chi connectivity index (χ3v) is 4.78. The van der Waals surface area contributed by atoms with Crippen LogP contribution in [0.5, 0.6) is 0 Å². The zero-order chi connectivity index (χ0) is 12.8. The molecular formula is C16H29NO. The molecule has 2 atom stereocenters. The lowest BCUT2D eigenvalue weighted by Crippen LogP contribution is -2.41. The third kappa shape index (κ3) is 3.57. The van der Waals surface area contributed by atoms with Crippen LogP contribution in [0.15, 0.2) is 0 Å². The van der Waals surface area contributed by atoms with E-state index in [0.29, 0.717) is 17.7 Å². The Kier molecular flexibility index (Phi) is 5.68. The van der Waals surface area contributed by atoms with E-state index >= 15 is 0 Å². The molecule has 104 valence electrons. The summed E-state index contributed by atoms with van der Waals surface area (Å²) in [5.41, 5.74) is 0. The molecular weight excluding hydrogens is 222 g/mol. The molecule has 2 aliphatic rings. The number of hydrogen-bond acceptors (Lipinski definition) is 2. The highest BCUT2D eigenvalue weighted by Crippen LogP contribution is 2.32. The molecule has 1 saturated heterocycles. The predicted octanol–water partition coefficient (Wildman–Crippen LogP) is 3.79. The number of carbonyl (C=O) groups is 1. The number of likely N-dealkylation sites (tertiary alicyclic amines) is 1. The van der Waals surface area contributed by atoms with Crippen molar-refractivity contribution in [3.05, 3.63) is 0 Å². The van der Waals surface area contributed by atoms with Crippen LogP contribution in [-0.4, -0.2) is 29.8 Å². The summed E-state index contributed by atoms with van der Waals surface area (Å²) in [5, 5.41) is 0. The molecule has 2 nitrogen and oxygen atoms in total. The summed E-state index contributed by atoms with van der Waals surface area (Å²) in [6.07, 6.45) is 12.4. The summed E-state index contributed by atoms with van der Waals surface area (Å²) < 4.78 is 0. The Morgan fingerprint density at radius 1 is 1.11 bits per heavy atom. The first-order valence-electron chi connectivity index (χ1n) is 8.09. The third-order valence-electron chi connectivity index (χ3n) is 4.78. The van der Waals surface area contributed by atoms with E-state index in [1.165, 1.54) is 58.0 Å². The number of ketones is 1. The first-order valence-corrected chi connectivity index (χ1v) is 8.09. The molecule has 0 radical (unpaired) electrons. The highest BCUT2D eigenvalue weighted by Gasteiger charge is 2.36. The molecule has 18 heavy (non-hydrogen) atoms. The van der Waals surface area contributed by atoms with Gasteiger partial charge in [-0.25, -0.2) is 0 Å². The molecule has 2 unspecified atom stereocenters. The lowest BCUT2D eigenvalue weighted by molar-refractivity contribution is -0.126. The van der Waals surface area contributed by atoms with Gasteiger partial charge in [0.2, 0.25) is 0 Å². The SMILES string of the molecule is CCCCCCN1CCCC1C1CCCCC1=O. The van der Waals surface area contributed by atoms with Gasteiger partial charge in [0.15, 0.2) is 0 Å². The van der Waals surface area contributed by atoms with Crippen molar-refractivity contribution in [1.82, 2.24) is 4.90 Å². The summed E-state index contributed by atoms with van der Waals surface area (Å²) in [6, 6.07) is 0.597. The zero-order valence-electron chi connectivity index (χ0n) is 12.0. The van der Waals surface area contributed by atoms with Gasteiger partial charge in [0.1, 0.15) is 5.78 Å². The van der Waals surface area contributed by atoms with Crippen molar-refractivity contribution < 1.29 is 4.79 Å². The Morgan fingerprint density at radius 2 is 2.00 bits per heavy atom. The topological polar surface area (TPSA) is 20.3 Å². The molecule has 0 aromatic rings. The van der Waals surface area contributed by atoms with Gasteiger partial charge in [-0.15, -0.1) is 0 Å². The number of hydrogen-bond donors (Lipinski definition) is 0. The van der Waals surface area contributed by atoms with E-state index in [1.54, 1.807) is 0 Å². The molecule has 0 spiro atoms. The van der Waals surface area contributed by atoms with Crippen LogP contribution in [0.25, 0.3) is 0 Å². The molecule has 0 amide bonds. The summed E-state index contributed by atoms with van der Waals surface area (Å²) in [5.74, 6) is 0.944. The van der Waals surface area contributed by atoms with Crippen molar-refractivity contribution in [2.45, 2.75) is 77.2 Å². The first kappa shape index (κ1) is 14.0. The Labute approximate surface area is 112 Å². The van der Waals surface area contributed by atoms with Crippen LogP contribution in [0.1, 0.15) is 71.1 Å². The Morgan fingerprint density at radius 3 is 2.78 bits per heavy atom. The van der Waals surface area contributed by atoms with Crippen LogP contribution in [0.2, 0.25) is 0 Å². The van der Waals surface area contributed by atoms with Crippen LogP contribution in [0.3, 0.4) is 0 Å². The van der Waals surface area contributed by atoms with Crippen molar-refractivity contribution in [3.63, 3.8) is 0 Å². The van der Waals surface area contributed by atoms with Gasteiger partial charge >= 0.3 is 0 Å². The normalized spacial score (nSPS) is 29.9. The second-order valence-electron chi connectivity index (χ2n) is 6.12. The van der Waals surface area contributed by atoms with Gasteiger partial charge in [0.05, 0.1) is 0 Å². The average Bonchev–Trinajstić information content (AvgIpc) is 2.83. The molecule has 2 fully saturated rings. The Bertz CT molecular complexity index is 264. The summed E-state index contributed by atoms with van der Waals surface area (Å²) in [4.78, 5) is 14.7. The number of nitrogens with zero attached hydrogens (tertiary/aromatic N) is 1. The lowest BCUT2D eigenvalue weighted by atomic mass is 9.82. The number of Topliss-reactive ketones (excluding diaryl/α,β-unsaturated/α-hetero) is 1. The highest BCUT2D eigenvalue weighted by atomic mass is 16.1. The average molecular weight is 251 g/mol. The molecule has 1 aliphatic carbocycles. The molecule has 1 saturated carbocycles. The number of carbonyl (C=O) groups excluding carboxylic acids is 1. The van der Waals surface area contributed by atoms with Gasteiger partial charge in [-0.1, -0.05) is 32.6 Å². The molecule has 1 heterocycles. The monoisotopic (exact) mass is 251 g/mol. The van der Waals surface area contributed by atoms with Crippen LogP contribution in [0.4, 0.5) is 0 Å². The number of rotatable bonds is 6. The lowest BCUT2D eigenvalue weighted by Gasteiger charge is -2.33. The van der Waals surface area contributed by atoms with Crippen molar-refractivity contribution in [3.8, 4) is 0 Å². The van der Waals surface area contributed by atoms with E-state index in [9.17, 15) is 4.79 Å². The number of unbranched alkanes of at least 4 members (excludes halogenated alkanes) is 3. The Hall–Kier alpha value is -0.370. The van der Waals surface area contributed by atoms with Crippen LogP contribution in [0, 0.1) is 5.92 Å². The van der Waals surface area contributed by atoms with Gasteiger partial charge in [-0.3, -0.25) is 9.69 Å². The van der Waals surface area contributed by atoms with Crippen molar-refractivity contribution in [2.24, 2.45) is 5.92 Å². The molecule has 0 aromatic heterocycles. The zero-order valence-corrected chi connectivity index (χ0v) is 12.0. The highest BCUT2D eigenvalue weighted by molar-refractivity contribution is 5.82. The largest absolute Gasteiger partial charge is 0.300 e. The fraction of sp³-hybridized carbons (Fsp3) is 0.938. The van der Waals surface area contributed by atoms with E-state index in [2.05, 4.69) is 11.8 Å². The van der Waals surface area contributed by atoms with Crippen LogP contribution in [-0.2, 0) is 4.79 Å². The van der Waals surface area contributed by atoms with Crippen LogP contribution < -0.4 is 0 Å². The maximum atomic E-state index is 12.1. The first-order chi connectivity index (χ1) is 8.83. The fourth-order valence-electron chi connectivity index (χ4n) is 3.74. The summed E-state index contributed by atoms with van der Waals surface area (Å²) in [7, 11) is 0. The van der Waals surface area contributed by atoms with Gasteiger partial charge in [-0.2, -0.15) is 0 Å². The maximum absolute atomic E-state index is 12.1. The van der Waals surface area contributed by atoms with Gasteiger partial charge < -0.3 is 0 Å². The van der Waals surface area contributed by atoms with E-state index in [0.717, 1.165) is 19.3 Å². The van der Waals surface area contributed by atoms with Crippen molar-refractivity contribution in [1.29, 1.82) is 0 Å². The summed E-state index contributed by atoms with van der Waals surface area (Å²) >= 11 is 0. The second kappa shape index (κ2) is 7.28. The minimum Gasteiger partial charge on any atom is -0.300 e. The smallest absolute Gasteiger partial charge is 0.137 e. The van der Waals surface area contributed by atoms with E-state index in [1.807, 2.05) is 0 Å². The maximum Gasteiger partial charge on any atom is 0.137 e. The van der Waals surface area contributed by atoms with Crippen molar-refractivity contribution >= 4 is 5.78 Å².